The van der Waals surface area contributed by atoms with Crippen molar-refractivity contribution in [2.24, 2.45) is 5.41 Å². The van der Waals surface area contributed by atoms with Crippen molar-refractivity contribution >= 4 is 17.5 Å². The highest BCUT2D eigenvalue weighted by Crippen LogP contribution is 2.35. The Bertz CT molecular complexity index is 728. The van der Waals surface area contributed by atoms with Crippen molar-refractivity contribution in [3.63, 3.8) is 0 Å². The van der Waals surface area contributed by atoms with Gasteiger partial charge in [0, 0.05) is 29.4 Å². The van der Waals surface area contributed by atoms with Gasteiger partial charge in [0.1, 0.15) is 0 Å². The minimum atomic E-state index is -0.314. The van der Waals surface area contributed by atoms with Crippen LogP contribution in [0.1, 0.15) is 49.1 Å². The Morgan fingerprint density at radius 3 is 2.56 bits per heavy atom. The fourth-order valence-corrected chi connectivity index (χ4v) is 4.03. The first-order chi connectivity index (χ1) is 13.1. The molecule has 1 aliphatic rings. The Balaban J connectivity index is 1.74. The molecular formula is C22H27ClN2O2. The Kier molecular flexibility index (Phi) is 6.86. The SMILES string of the molecule is O=C(NCC1(CO)CCCCC1)C(Cc1cccnc1)c1ccc(Cl)cc1. The van der Waals surface area contributed by atoms with Crippen molar-refractivity contribution in [1.82, 2.24) is 10.3 Å². The summed E-state index contributed by atoms with van der Waals surface area (Å²) in [6.45, 7) is 0.654. The predicted octanol–water partition coefficient (Wildman–Crippen LogP) is 4.12. The topological polar surface area (TPSA) is 62.2 Å². The number of halogens is 1. The van der Waals surface area contributed by atoms with E-state index in [1.807, 2.05) is 36.4 Å². The molecule has 1 aliphatic carbocycles. The maximum absolute atomic E-state index is 13.1. The summed E-state index contributed by atoms with van der Waals surface area (Å²) in [5, 5.41) is 13.7. The molecule has 4 nitrogen and oxygen atoms in total. The van der Waals surface area contributed by atoms with Crippen LogP contribution in [0.15, 0.2) is 48.8 Å². The number of pyridine rings is 1. The second-order valence-corrected chi connectivity index (χ2v) is 8.04. The Labute approximate surface area is 166 Å². The van der Waals surface area contributed by atoms with Gasteiger partial charge in [0.05, 0.1) is 12.5 Å². The molecular weight excluding hydrogens is 360 g/mol. The molecule has 1 unspecified atom stereocenters. The van der Waals surface area contributed by atoms with Crippen LogP contribution in [0.25, 0.3) is 0 Å². The highest BCUT2D eigenvalue weighted by Gasteiger charge is 2.32. The Morgan fingerprint density at radius 2 is 1.93 bits per heavy atom. The molecule has 2 aromatic rings. The molecule has 2 N–H and O–H groups in total. The largest absolute Gasteiger partial charge is 0.396 e. The monoisotopic (exact) mass is 386 g/mol. The standard InChI is InChI=1S/C22H27ClN2O2/c23-19-8-6-18(7-9-19)20(13-17-5-4-12-24-14-17)21(27)25-15-22(16-26)10-2-1-3-11-22/h4-9,12,14,20,26H,1-3,10-11,13,15-16H2,(H,25,27). The summed E-state index contributed by atoms with van der Waals surface area (Å²) in [7, 11) is 0. The van der Waals surface area contributed by atoms with Crippen LogP contribution in [0, 0.1) is 5.41 Å². The minimum Gasteiger partial charge on any atom is -0.396 e. The normalized spacial score (nSPS) is 17.3. The van der Waals surface area contributed by atoms with E-state index in [9.17, 15) is 9.90 Å². The van der Waals surface area contributed by atoms with Crippen molar-refractivity contribution in [3.8, 4) is 0 Å². The molecule has 1 saturated carbocycles. The Morgan fingerprint density at radius 1 is 1.19 bits per heavy atom. The quantitative estimate of drug-likeness (QED) is 0.752. The molecule has 0 bridgehead atoms. The summed E-state index contributed by atoms with van der Waals surface area (Å²) in [5.41, 5.74) is 1.77. The van der Waals surface area contributed by atoms with Gasteiger partial charge in [-0.15, -0.1) is 0 Å². The predicted molar refractivity (Wildman–Crippen MR) is 108 cm³/mol. The molecule has 27 heavy (non-hydrogen) atoms. The third-order valence-electron chi connectivity index (χ3n) is 5.64. The molecule has 5 heteroatoms. The van der Waals surface area contributed by atoms with Gasteiger partial charge in [-0.1, -0.05) is 49.1 Å². The molecule has 1 aromatic carbocycles. The summed E-state index contributed by atoms with van der Waals surface area (Å²) in [4.78, 5) is 17.3. The maximum Gasteiger partial charge on any atom is 0.227 e. The van der Waals surface area contributed by atoms with Crippen LogP contribution >= 0.6 is 11.6 Å². The van der Waals surface area contributed by atoms with Crippen LogP contribution in [0.2, 0.25) is 5.02 Å². The zero-order valence-electron chi connectivity index (χ0n) is 15.5. The minimum absolute atomic E-state index is 0.0143. The van der Waals surface area contributed by atoms with Crippen molar-refractivity contribution in [2.75, 3.05) is 13.2 Å². The van der Waals surface area contributed by atoms with Gasteiger partial charge in [0.15, 0.2) is 0 Å². The first-order valence-electron chi connectivity index (χ1n) is 9.65. The van der Waals surface area contributed by atoms with E-state index in [-0.39, 0.29) is 23.8 Å². The molecule has 0 saturated heterocycles. The number of aromatic nitrogens is 1. The third-order valence-corrected chi connectivity index (χ3v) is 5.89. The fraction of sp³-hybridized carbons (Fsp3) is 0.455. The van der Waals surface area contributed by atoms with Gasteiger partial charge in [-0.2, -0.15) is 0 Å². The average molecular weight is 387 g/mol. The summed E-state index contributed by atoms with van der Waals surface area (Å²) < 4.78 is 0. The van der Waals surface area contributed by atoms with E-state index in [0.717, 1.165) is 36.8 Å². The lowest BCUT2D eigenvalue weighted by atomic mass is 9.74. The number of amides is 1. The summed E-state index contributed by atoms with van der Waals surface area (Å²) in [5.74, 6) is -0.328. The number of nitrogens with zero attached hydrogens (tertiary/aromatic N) is 1. The zero-order chi connectivity index (χ0) is 19.1. The van der Waals surface area contributed by atoms with Crippen LogP contribution in [0.5, 0.6) is 0 Å². The number of rotatable bonds is 7. The van der Waals surface area contributed by atoms with Crippen molar-refractivity contribution in [1.29, 1.82) is 0 Å². The van der Waals surface area contributed by atoms with E-state index in [4.69, 9.17) is 11.6 Å². The lowest BCUT2D eigenvalue weighted by Crippen LogP contribution is -2.43. The van der Waals surface area contributed by atoms with E-state index in [2.05, 4.69) is 10.3 Å². The highest BCUT2D eigenvalue weighted by atomic mass is 35.5. The molecule has 3 rings (SSSR count). The van der Waals surface area contributed by atoms with Gasteiger partial charge < -0.3 is 10.4 Å². The van der Waals surface area contributed by atoms with Crippen LogP contribution in [-0.4, -0.2) is 29.1 Å². The average Bonchev–Trinajstić information content (AvgIpc) is 2.72. The first kappa shape index (κ1) is 19.8. The molecule has 0 radical (unpaired) electrons. The number of carbonyl (C=O) groups excluding carboxylic acids is 1. The second kappa shape index (κ2) is 9.34. The van der Waals surface area contributed by atoms with Gasteiger partial charge in [0.25, 0.3) is 0 Å². The Hall–Kier alpha value is -1.91. The van der Waals surface area contributed by atoms with Crippen LogP contribution in [-0.2, 0) is 11.2 Å². The molecule has 1 heterocycles. The molecule has 1 aromatic heterocycles. The third kappa shape index (κ3) is 5.30. The summed E-state index contributed by atoms with van der Waals surface area (Å²) >= 11 is 6.02. The van der Waals surface area contributed by atoms with Crippen LogP contribution < -0.4 is 5.32 Å². The van der Waals surface area contributed by atoms with Gasteiger partial charge in [0.2, 0.25) is 5.91 Å². The van der Waals surface area contributed by atoms with Crippen molar-refractivity contribution in [3.05, 3.63) is 64.9 Å². The van der Waals surface area contributed by atoms with E-state index in [0.29, 0.717) is 18.0 Å². The van der Waals surface area contributed by atoms with Crippen LogP contribution in [0.4, 0.5) is 0 Å². The maximum atomic E-state index is 13.1. The number of benzene rings is 1. The zero-order valence-corrected chi connectivity index (χ0v) is 16.3. The van der Waals surface area contributed by atoms with E-state index < -0.39 is 0 Å². The number of carbonyl (C=O) groups is 1. The van der Waals surface area contributed by atoms with Gasteiger partial charge in [-0.3, -0.25) is 9.78 Å². The van der Waals surface area contributed by atoms with E-state index in [1.54, 1.807) is 12.4 Å². The van der Waals surface area contributed by atoms with Crippen LogP contribution in [0.3, 0.4) is 0 Å². The lowest BCUT2D eigenvalue weighted by molar-refractivity contribution is -0.123. The second-order valence-electron chi connectivity index (χ2n) is 7.61. The van der Waals surface area contributed by atoms with Gasteiger partial charge >= 0.3 is 0 Å². The summed E-state index contributed by atoms with van der Waals surface area (Å²) in [6, 6.07) is 11.3. The number of hydrogen-bond acceptors (Lipinski definition) is 3. The van der Waals surface area contributed by atoms with Gasteiger partial charge in [-0.05, 0) is 48.6 Å². The van der Waals surface area contributed by atoms with Crippen molar-refractivity contribution in [2.45, 2.75) is 44.4 Å². The molecule has 0 spiro atoms. The van der Waals surface area contributed by atoms with Crippen molar-refractivity contribution < 1.29 is 9.90 Å². The van der Waals surface area contributed by atoms with Gasteiger partial charge in [-0.25, -0.2) is 0 Å². The molecule has 1 amide bonds. The number of hydrogen-bond donors (Lipinski definition) is 2. The molecule has 144 valence electrons. The highest BCUT2D eigenvalue weighted by molar-refractivity contribution is 6.30. The van der Waals surface area contributed by atoms with E-state index in [1.165, 1.54) is 6.42 Å². The molecule has 0 aliphatic heterocycles. The lowest BCUT2D eigenvalue weighted by Gasteiger charge is -2.36. The van der Waals surface area contributed by atoms with E-state index >= 15 is 0 Å². The summed E-state index contributed by atoms with van der Waals surface area (Å²) in [6.07, 6.45) is 9.49. The molecule has 1 fully saturated rings. The first-order valence-corrected chi connectivity index (χ1v) is 10.0. The molecule has 1 atom stereocenters. The fourth-order valence-electron chi connectivity index (χ4n) is 3.90. The smallest absolute Gasteiger partial charge is 0.227 e. The number of aliphatic hydroxyl groups excluding tert-OH is 1. The number of aliphatic hydroxyl groups is 1. The number of nitrogens with one attached hydrogen (secondary N) is 1.